The lowest BCUT2D eigenvalue weighted by molar-refractivity contribution is -0.137. The highest BCUT2D eigenvalue weighted by atomic mass is 19.4. The van der Waals surface area contributed by atoms with Gasteiger partial charge >= 0.3 is 6.18 Å². The number of hydrogen-bond donors (Lipinski definition) is 2. The van der Waals surface area contributed by atoms with E-state index in [0.717, 1.165) is 35.4 Å². The maximum atomic E-state index is 13.3. The van der Waals surface area contributed by atoms with E-state index in [9.17, 15) is 13.2 Å². The van der Waals surface area contributed by atoms with Crippen LogP contribution in [0.1, 0.15) is 24.0 Å². The highest BCUT2D eigenvalue weighted by molar-refractivity contribution is 5.93. The lowest BCUT2D eigenvalue weighted by Crippen LogP contribution is -2.04. The van der Waals surface area contributed by atoms with E-state index in [1.807, 2.05) is 30.3 Å². The van der Waals surface area contributed by atoms with Crippen molar-refractivity contribution >= 4 is 21.8 Å². The molecule has 0 saturated carbocycles. The van der Waals surface area contributed by atoms with E-state index in [0.29, 0.717) is 41.0 Å². The minimum Gasteiger partial charge on any atom is -0.496 e. The second-order valence-corrected chi connectivity index (χ2v) is 7.21. The fraction of sp³-hybridized carbons (Fsp3) is 0.261. The molecule has 2 aromatic carbocycles. The molecule has 156 valence electrons. The van der Waals surface area contributed by atoms with Crippen molar-refractivity contribution in [2.75, 3.05) is 13.7 Å². The van der Waals surface area contributed by atoms with Crippen LogP contribution in [0.3, 0.4) is 0 Å². The normalized spacial score (nSPS) is 12.0. The van der Waals surface area contributed by atoms with Crippen molar-refractivity contribution in [2.45, 2.75) is 25.4 Å². The van der Waals surface area contributed by atoms with E-state index in [1.165, 1.54) is 12.1 Å². The molecule has 3 N–H and O–H groups in total. The largest absolute Gasteiger partial charge is 0.496 e. The van der Waals surface area contributed by atoms with Crippen LogP contribution >= 0.6 is 0 Å². The van der Waals surface area contributed by atoms with Crippen molar-refractivity contribution in [2.24, 2.45) is 5.73 Å². The number of aryl methyl sites for hydroxylation is 1. The first-order chi connectivity index (χ1) is 14.4. The summed E-state index contributed by atoms with van der Waals surface area (Å²) in [4.78, 5) is 8.04. The van der Waals surface area contributed by atoms with Gasteiger partial charge in [0.05, 0.1) is 29.6 Å². The van der Waals surface area contributed by atoms with Crippen LogP contribution in [-0.2, 0) is 12.6 Å². The second kappa shape index (κ2) is 7.99. The van der Waals surface area contributed by atoms with Crippen molar-refractivity contribution in [3.8, 4) is 17.1 Å². The molecular formula is C23H22F3N3O. The number of unbranched alkanes of at least 4 members (excludes halogenated alkanes) is 1. The molecule has 0 aliphatic heterocycles. The van der Waals surface area contributed by atoms with E-state index in [-0.39, 0.29) is 0 Å². The number of aromatic amines is 1. The first-order valence-electron chi connectivity index (χ1n) is 9.78. The molecule has 2 heterocycles. The lowest BCUT2D eigenvalue weighted by Gasteiger charge is -2.10. The van der Waals surface area contributed by atoms with Crippen LogP contribution in [0.25, 0.3) is 33.2 Å². The number of halogens is 3. The number of alkyl halides is 3. The molecule has 0 spiro atoms. The summed E-state index contributed by atoms with van der Waals surface area (Å²) in [6.45, 7) is 0.535. The minimum atomic E-state index is -4.40. The maximum Gasteiger partial charge on any atom is 0.416 e. The minimum absolute atomic E-state index is 0.535. The van der Waals surface area contributed by atoms with Gasteiger partial charge in [0.1, 0.15) is 5.75 Å². The number of benzene rings is 2. The van der Waals surface area contributed by atoms with Crippen molar-refractivity contribution in [3.63, 3.8) is 0 Å². The van der Waals surface area contributed by atoms with Crippen LogP contribution < -0.4 is 10.5 Å². The Balaban J connectivity index is 1.93. The Morgan fingerprint density at radius 3 is 2.57 bits per heavy atom. The number of nitrogens with one attached hydrogen (secondary N) is 1. The molecule has 7 heteroatoms. The number of para-hydroxylation sites is 1. The number of fused-ring (bicyclic) bond motifs is 2. The van der Waals surface area contributed by atoms with E-state index in [4.69, 9.17) is 15.5 Å². The third kappa shape index (κ3) is 3.73. The van der Waals surface area contributed by atoms with E-state index in [2.05, 4.69) is 4.98 Å². The van der Waals surface area contributed by atoms with Crippen LogP contribution in [0.2, 0.25) is 0 Å². The summed E-state index contributed by atoms with van der Waals surface area (Å²) in [7, 11) is 1.59. The van der Waals surface area contributed by atoms with Gasteiger partial charge in [-0.25, -0.2) is 4.98 Å². The molecule has 0 atom stereocenters. The number of ether oxygens (including phenoxy) is 1. The summed E-state index contributed by atoms with van der Waals surface area (Å²) in [6, 6.07) is 13.2. The van der Waals surface area contributed by atoms with E-state index >= 15 is 0 Å². The number of nitrogens with zero attached hydrogens (tertiary/aromatic N) is 1. The summed E-state index contributed by atoms with van der Waals surface area (Å²) in [5, 5.41) is 1.44. The molecular weight excluding hydrogens is 391 g/mol. The Morgan fingerprint density at radius 1 is 1.03 bits per heavy atom. The Hall–Kier alpha value is -3.06. The first-order valence-corrected chi connectivity index (χ1v) is 9.78. The van der Waals surface area contributed by atoms with Gasteiger partial charge in [0.15, 0.2) is 0 Å². The molecule has 0 aliphatic rings. The molecule has 30 heavy (non-hydrogen) atoms. The Kier molecular flexibility index (Phi) is 5.39. The number of nitrogens with two attached hydrogens (primary N) is 1. The Labute approximate surface area is 171 Å². The smallest absolute Gasteiger partial charge is 0.416 e. The third-order valence-electron chi connectivity index (χ3n) is 5.27. The van der Waals surface area contributed by atoms with Crippen molar-refractivity contribution in [1.82, 2.24) is 9.97 Å². The van der Waals surface area contributed by atoms with Gasteiger partial charge < -0.3 is 15.5 Å². The molecule has 2 aromatic heterocycles. The van der Waals surface area contributed by atoms with Gasteiger partial charge in [-0.05, 0) is 61.7 Å². The average Bonchev–Trinajstić information content (AvgIpc) is 3.10. The number of pyridine rings is 1. The van der Waals surface area contributed by atoms with Gasteiger partial charge in [0.25, 0.3) is 0 Å². The SMILES string of the molecule is COc1cc(-c2[nH]c3ccc(C(F)(F)F)cc3c2CCCCN)nc2ccccc12. The van der Waals surface area contributed by atoms with Crippen LogP contribution in [0.4, 0.5) is 13.2 Å². The van der Waals surface area contributed by atoms with Gasteiger partial charge in [0.2, 0.25) is 0 Å². The van der Waals surface area contributed by atoms with E-state index in [1.54, 1.807) is 7.11 Å². The average molecular weight is 413 g/mol. The summed E-state index contributed by atoms with van der Waals surface area (Å²) >= 11 is 0. The first kappa shape index (κ1) is 20.2. The fourth-order valence-corrected chi connectivity index (χ4v) is 3.79. The zero-order valence-corrected chi connectivity index (χ0v) is 16.5. The van der Waals surface area contributed by atoms with Crippen LogP contribution in [0.5, 0.6) is 5.75 Å². The number of H-pyrrole nitrogens is 1. The van der Waals surface area contributed by atoms with Gasteiger partial charge in [-0.15, -0.1) is 0 Å². The molecule has 0 amide bonds. The van der Waals surface area contributed by atoms with Crippen LogP contribution in [0.15, 0.2) is 48.5 Å². The van der Waals surface area contributed by atoms with Crippen molar-refractivity contribution < 1.29 is 17.9 Å². The van der Waals surface area contributed by atoms with Crippen LogP contribution in [-0.4, -0.2) is 23.6 Å². The van der Waals surface area contributed by atoms with Crippen molar-refractivity contribution in [1.29, 1.82) is 0 Å². The molecule has 0 radical (unpaired) electrons. The number of methoxy groups -OCH3 is 1. The maximum absolute atomic E-state index is 13.3. The number of rotatable bonds is 6. The predicted octanol–water partition coefficient (Wildman–Crippen LogP) is 5.69. The van der Waals surface area contributed by atoms with Gasteiger partial charge in [-0.3, -0.25) is 0 Å². The van der Waals surface area contributed by atoms with Gasteiger partial charge in [-0.1, -0.05) is 12.1 Å². The van der Waals surface area contributed by atoms with Crippen molar-refractivity contribution in [3.05, 3.63) is 59.7 Å². The highest BCUT2D eigenvalue weighted by Crippen LogP contribution is 2.37. The molecule has 4 nitrogen and oxygen atoms in total. The highest BCUT2D eigenvalue weighted by Gasteiger charge is 2.31. The number of aromatic nitrogens is 2. The molecule has 0 saturated heterocycles. The summed E-state index contributed by atoms with van der Waals surface area (Å²) in [5.74, 6) is 0.665. The van der Waals surface area contributed by atoms with Gasteiger partial charge in [0, 0.05) is 22.4 Å². The Bertz CT molecular complexity index is 1200. The zero-order chi connectivity index (χ0) is 21.3. The quantitative estimate of drug-likeness (QED) is 0.399. The van der Waals surface area contributed by atoms with Crippen LogP contribution in [0, 0.1) is 0 Å². The molecule has 4 rings (SSSR count). The van der Waals surface area contributed by atoms with E-state index < -0.39 is 11.7 Å². The fourth-order valence-electron chi connectivity index (χ4n) is 3.79. The molecule has 0 fully saturated rings. The summed E-state index contributed by atoms with van der Waals surface area (Å²) in [6.07, 6.45) is -2.23. The Morgan fingerprint density at radius 2 is 1.83 bits per heavy atom. The third-order valence-corrected chi connectivity index (χ3v) is 5.27. The zero-order valence-electron chi connectivity index (χ0n) is 16.5. The standard InChI is InChI=1S/C23H22F3N3O/c1-30-21-13-20(28-18-8-3-2-7-16(18)21)22-15(6-4-5-11-27)17-12-14(23(24,25)26)9-10-19(17)29-22/h2-3,7-10,12-13,29H,4-6,11,27H2,1H3. The number of hydrogen-bond acceptors (Lipinski definition) is 3. The molecule has 0 unspecified atom stereocenters. The molecule has 4 aromatic rings. The molecule has 0 bridgehead atoms. The lowest BCUT2D eigenvalue weighted by atomic mass is 10.0. The topological polar surface area (TPSA) is 63.9 Å². The summed E-state index contributed by atoms with van der Waals surface area (Å²) in [5.41, 5.74) is 8.53. The second-order valence-electron chi connectivity index (χ2n) is 7.21. The van der Waals surface area contributed by atoms with Gasteiger partial charge in [-0.2, -0.15) is 13.2 Å². The summed E-state index contributed by atoms with van der Waals surface area (Å²) < 4.78 is 45.5. The predicted molar refractivity (Wildman–Crippen MR) is 113 cm³/mol. The molecule has 0 aliphatic carbocycles. The monoisotopic (exact) mass is 413 g/mol.